The van der Waals surface area contributed by atoms with Crippen molar-refractivity contribution in [2.24, 2.45) is 5.92 Å². The SMILES string of the molecule is Cc1nn(CC2CCNCC2)c(=O)[nH]1. The summed E-state index contributed by atoms with van der Waals surface area (Å²) in [5.41, 5.74) is -0.0824. The van der Waals surface area contributed by atoms with E-state index in [-0.39, 0.29) is 5.69 Å². The van der Waals surface area contributed by atoms with Gasteiger partial charge in [0.1, 0.15) is 5.82 Å². The molecule has 1 saturated heterocycles. The molecule has 2 heterocycles. The van der Waals surface area contributed by atoms with Crippen LogP contribution in [-0.2, 0) is 6.54 Å². The van der Waals surface area contributed by atoms with Gasteiger partial charge < -0.3 is 5.32 Å². The third kappa shape index (κ3) is 2.04. The van der Waals surface area contributed by atoms with Crippen molar-refractivity contribution in [2.75, 3.05) is 13.1 Å². The van der Waals surface area contributed by atoms with E-state index >= 15 is 0 Å². The van der Waals surface area contributed by atoms with Crippen molar-refractivity contribution in [2.45, 2.75) is 26.3 Å². The molecule has 0 amide bonds. The zero-order valence-corrected chi connectivity index (χ0v) is 8.42. The molecule has 0 unspecified atom stereocenters. The summed E-state index contributed by atoms with van der Waals surface area (Å²) in [7, 11) is 0. The average molecular weight is 196 g/mol. The summed E-state index contributed by atoms with van der Waals surface area (Å²) in [5.74, 6) is 1.29. The van der Waals surface area contributed by atoms with Gasteiger partial charge in [-0.25, -0.2) is 9.48 Å². The van der Waals surface area contributed by atoms with Crippen molar-refractivity contribution in [1.82, 2.24) is 20.1 Å². The molecule has 2 N–H and O–H groups in total. The van der Waals surface area contributed by atoms with Crippen molar-refractivity contribution in [3.05, 3.63) is 16.3 Å². The maximum Gasteiger partial charge on any atom is 0.343 e. The highest BCUT2D eigenvalue weighted by atomic mass is 16.1. The fraction of sp³-hybridized carbons (Fsp3) is 0.778. The minimum atomic E-state index is -0.0824. The van der Waals surface area contributed by atoms with E-state index in [9.17, 15) is 4.79 Å². The fourth-order valence-electron chi connectivity index (χ4n) is 1.90. The first-order valence-corrected chi connectivity index (χ1v) is 5.10. The standard InChI is InChI=1S/C9H16N4O/c1-7-11-9(14)13(12-7)6-8-2-4-10-5-3-8/h8,10H,2-6H2,1H3,(H,11,12,14). The van der Waals surface area contributed by atoms with Crippen molar-refractivity contribution < 1.29 is 0 Å². The van der Waals surface area contributed by atoms with E-state index in [4.69, 9.17) is 0 Å². The molecule has 1 aromatic heterocycles. The van der Waals surface area contributed by atoms with E-state index in [1.54, 1.807) is 11.6 Å². The minimum absolute atomic E-state index is 0.0824. The normalized spacial score (nSPS) is 18.6. The Labute approximate surface area is 82.5 Å². The molecule has 2 rings (SSSR count). The molecule has 0 radical (unpaired) electrons. The van der Waals surface area contributed by atoms with Gasteiger partial charge in [-0.2, -0.15) is 5.10 Å². The summed E-state index contributed by atoms with van der Waals surface area (Å²) in [6, 6.07) is 0. The summed E-state index contributed by atoms with van der Waals surface area (Å²) < 4.78 is 1.55. The number of aromatic amines is 1. The molecule has 1 aliphatic rings. The molecule has 0 aliphatic carbocycles. The van der Waals surface area contributed by atoms with Gasteiger partial charge >= 0.3 is 5.69 Å². The number of hydrogen-bond donors (Lipinski definition) is 2. The topological polar surface area (TPSA) is 62.7 Å². The third-order valence-corrected chi connectivity index (χ3v) is 2.68. The Hall–Kier alpha value is -1.10. The van der Waals surface area contributed by atoms with Crippen molar-refractivity contribution in [3.8, 4) is 0 Å². The van der Waals surface area contributed by atoms with Crippen LogP contribution in [0.1, 0.15) is 18.7 Å². The molecule has 1 aromatic rings. The van der Waals surface area contributed by atoms with Crippen LogP contribution in [-0.4, -0.2) is 27.9 Å². The second-order valence-corrected chi connectivity index (χ2v) is 3.89. The number of piperidine rings is 1. The average Bonchev–Trinajstić information content (AvgIpc) is 2.47. The van der Waals surface area contributed by atoms with Crippen LogP contribution < -0.4 is 11.0 Å². The molecule has 14 heavy (non-hydrogen) atoms. The number of nitrogens with zero attached hydrogens (tertiary/aromatic N) is 2. The Morgan fingerprint density at radius 1 is 1.50 bits per heavy atom. The number of aromatic nitrogens is 3. The second kappa shape index (κ2) is 3.96. The van der Waals surface area contributed by atoms with Gasteiger partial charge in [0.05, 0.1) is 0 Å². The van der Waals surface area contributed by atoms with Gasteiger partial charge in [-0.3, -0.25) is 4.98 Å². The monoisotopic (exact) mass is 196 g/mol. The quantitative estimate of drug-likeness (QED) is 0.693. The lowest BCUT2D eigenvalue weighted by molar-refractivity contribution is 0.317. The van der Waals surface area contributed by atoms with Crippen LogP contribution in [0.15, 0.2) is 4.79 Å². The van der Waals surface area contributed by atoms with Crippen molar-refractivity contribution in [1.29, 1.82) is 0 Å². The van der Waals surface area contributed by atoms with Crippen LogP contribution in [0.5, 0.6) is 0 Å². The van der Waals surface area contributed by atoms with Crippen LogP contribution in [0.25, 0.3) is 0 Å². The van der Waals surface area contributed by atoms with E-state index in [2.05, 4.69) is 15.4 Å². The maximum absolute atomic E-state index is 11.3. The third-order valence-electron chi connectivity index (χ3n) is 2.68. The van der Waals surface area contributed by atoms with E-state index in [1.807, 2.05) is 0 Å². The van der Waals surface area contributed by atoms with Crippen LogP contribution in [0, 0.1) is 12.8 Å². The predicted octanol–water partition coefficient (Wildman–Crippen LogP) is -0.121. The number of hydrogen-bond acceptors (Lipinski definition) is 3. The molecule has 5 nitrogen and oxygen atoms in total. The van der Waals surface area contributed by atoms with Gasteiger partial charge in [0.25, 0.3) is 0 Å². The van der Waals surface area contributed by atoms with Gasteiger partial charge in [0.15, 0.2) is 0 Å². The summed E-state index contributed by atoms with van der Waals surface area (Å²) in [5, 5.41) is 7.44. The van der Waals surface area contributed by atoms with Gasteiger partial charge in [0, 0.05) is 6.54 Å². The molecule has 1 aliphatic heterocycles. The van der Waals surface area contributed by atoms with Crippen LogP contribution in [0.3, 0.4) is 0 Å². The molecule has 0 aromatic carbocycles. The summed E-state index contributed by atoms with van der Waals surface area (Å²) in [6.45, 7) is 4.68. The van der Waals surface area contributed by atoms with E-state index in [0.717, 1.165) is 32.5 Å². The van der Waals surface area contributed by atoms with E-state index in [1.165, 1.54) is 0 Å². The smallest absolute Gasteiger partial charge is 0.317 e. The Bertz CT molecular complexity index is 348. The summed E-state index contributed by atoms with van der Waals surface area (Å²) >= 11 is 0. The zero-order valence-electron chi connectivity index (χ0n) is 8.42. The Morgan fingerprint density at radius 3 is 2.79 bits per heavy atom. The maximum atomic E-state index is 11.3. The fourth-order valence-corrected chi connectivity index (χ4v) is 1.90. The number of nitrogens with one attached hydrogen (secondary N) is 2. The van der Waals surface area contributed by atoms with Crippen molar-refractivity contribution in [3.63, 3.8) is 0 Å². The first-order chi connectivity index (χ1) is 6.75. The Kier molecular flexibility index (Phi) is 2.67. The molecule has 0 spiro atoms. The highest BCUT2D eigenvalue weighted by molar-refractivity contribution is 4.78. The van der Waals surface area contributed by atoms with Gasteiger partial charge in [-0.15, -0.1) is 0 Å². The predicted molar refractivity (Wildman–Crippen MR) is 53.2 cm³/mol. The first kappa shape index (κ1) is 9.45. The van der Waals surface area contributed by atoms with Crippen LogP contribution >= 0.6 is 0 Å². The second-order valence-electron chi connectivity index (χ2n) is 3.89. The highest BCUT2D eigenvalue weighted by Crippen LogP contribution is 2.12. The summed E-state index contributed by atoms with van der Waals surface area (Å²) in [6.07, 6.45) is 2.27. The first-order valence-electron chi connectivity index (χ1n) is 5.10. The van der Waals surface area contributed by atoms with Gasteiger partial charge in [0.2, 0.25) is 0 Å². The highest BCUT2D eigenvalue weighted by Gasteiger charge is 2.15. The van der Waals surface area contributed by atoms with Gasteiger partial charge in [-0.05, 0) is 38.8 Å². The van der Waals surface area contributed by atoms with Crippen molar-refractivity contribution >= 4 is 0 Å². The number of H-pyrrole nitrogens is 1. The van der Waals surface area contributed by atoms with Crippen LogP contribution in [0.4, 0.5) is 0 Å². The number of aryl methyl sites for hydroxylation is 1. The van der Waals surface area contributed by atoms with E-state index < -0.39 is 0 Å². The largest absolute Gasteiger partial charge is 0.343 e. The molecule has 0 bridgehead atoms. The molecule has 0 atom stereocenters. The lowest BCUT2D eigenvalue weighted by Crippen LogP contribution is -2.32. The lowest BCUT2D eigenvalue weighted by atomic mass is 9.98. The Morgan fingerprint density at radius 2 is 2.21 bits per heavy atom. The van der Waals surface area contributed by atoms with E-state index in [0.29, 0.717) is 11.7 Å². The van der Waals surface area contributed by atoms with Gasteiger partial charge in [-0.1, -0.05) is 0 Å². The molecule has 5 heteroatoms. The lowest BCUT2D eigenvalue weighted by Gasteiger charge is -2.21. The molecular weight excluding hydrogens is 180 g/mol. The minimum Gasteiger partial charge on any atom is -0.317 e. The molecule has 78 valence electrons. The number of rotatable bonds is 2. The Balaban J connectivity index is 2.02. The molecule has 1 fully saturated rings. The molecular formula is C9H16N4O. The molecule has 0 saturated carbocycles. The summed E-state index contributed by atoms with van der Waals surface area (Å²) in [4.78, 5) is 14.0. The zero-order chi connectivity index (χ0) is 9.97. The van der Waals surface area contributed by atoms with Crippen LogP contribution in [0.2, 0.25) is 0 Å².